The highest BCUT2D eigenvalue weighted by atomic mass is 32.2. The monoisotopic (exact) mass is 429 g/mol. The van der Waals surface area contributed by atoms with E-state index in [0.717, 1.165) is 50.1 Å². The SMILES string of the molecule is COc1ccc(NS(=O)(=O)c2cccc(C(F)(F)F)c2)cc1N1CCN(C)CC1. The minimum absolute atomic E-state index is 0.247. The molecule has 0 unspecified atom stereocenters. The van der Waals surface area contributed by atoms with Crippen LogP contribution in [0.3, 0.4) is 0 Å². The van der Waals surface area contributed by atoms with Crippen LogP contribution in [-0.4, -0.2) is 53.7 Å². The predicted octanol–water partition coefficient (Wildman–Crippen LogP) is 3.27. The van der Waals surface area contributed by atoms with Crippen LogP contribution in [0.2, 0.25) is 0 Å². The van der Waals surface area contributed by atoms with E-state index in [0.29, 0.717) is 11.8 Å². The number of anilines is 2. The van der Waals surface area contributed by atoms with Crippen molar-refractivity contribution in [2.75, 3.05) is 50.0 Å². The summed E-state index contributed by atoms with van der Waals surface area (Å²) >= 11 is 0. The summed E-state index contributed by atoms with van der Waals surface area (Å²) in [7, 11) is -0.638. The highest BCUT2D eigenvalue weighted by molar-refractivity contribution is 7.92. The maximum absolute atomic E-state index is 12.9. The van der Waals surface area contributed by atoms with E-state index in [1.807, 2.05) is 7.05 Å². The number of rotatable bonds is 5. The first kappa shape index (κ1) is 21.3. The Kier molecular flexibility index (Phi) is 5.95. The van der Waals surface area contributed by atoms with Gasteiger partial charge in [0.15, 0.2) is 0 Å². The van der Waals surface area contributed by atoms with Gasteiger partial charge in [0.05, 0.1) is 28.9 Å². The van der Waals surface area contributed by atoms with Crippen molar-refractivity contribution in [1.29, 1.82) is 0 Å². The Morgan fingerprint density at radius 2 is 1.72 bits per heavy atom. The molecule has 0 bridgehead atoms. The Morgan fingerprint density at radius 1 is 1.03 bits per heavy atom. The normalized spacial score (nSPS) is 16.0. The molecule has 1 heterocycles. The number of halogens is 3. The summed E-state index contributed by atoms with van der Waals surface area (Å²) in [5, 5.41) is 0. The van der Waals surface area contributed by atoms with E-state index < -0.39 is 26.7 Å². The van der Waals surface area contributed by atoms with Crippen LogP contribution < -0.4 is 14.4 Å². The van der Waals surface area contributed by atoms with Crippen molar-refractivity contribution in [3.05, 3.63) is 48.0 Å². The van der Waals surface area contributed by atoms with Crippen LogP contribution in [0.4, 0.5) is 24.5 Å². The molecule has 10 heteroatoms. The molecule has 0 radical (unpaired) electrons. The molecule has 0 aliphatic carbocycles. The van der Waals surface area contributed by atoms with E-state index in [1.54, 1.807) is 12.1 Å². The molecular weight excluding hydrogens is 407 g/mol. The third-order valence-electron chi connectivity index (χ3n) is 4.75. The average molecular weight is 429 g/mol. The van der Waals surface area contributed by atoms with E-state index in [9.17, 15) is 21.6 Å². The zero-order valence-corrected chi connectivity index (χ0v) is 16.8. The smallest absolute Gasteiger partial charge is 0.416 e. The zero-order chi connectivity index (χ0) is 21.2. The number of hydrogen-bond acceptors (Lipinski definition) is 5. The van der Waals surface area contributed by atoms with Crippen molar-refractivity contribution in [2.24, 2.45) is 0 Å². The molecule has 2 aromatic carbocycles. The van der Waals surface area contributed by atoms with Crippen LogP contribution in [0.25, 0.3) is 0 Å². The Bertz CT molecular complexity index is 972. The maximum Gasteiger partial charge on any atom is 0.416 e. The molecule has 6 nitrogen and oxygen atoms in total. The van der Waals surface area contributed by atoms with Crippen molar-refractivity contribution in [1.82, 2.24) is 4.90 Å². The minimum atomic E-state index is -4.62. The van der Waals surface area contributed by atoms with E-state index in [1.165, 1.54) is 13.2 Å². The molecule has 158 valence electrons. The van der Waals surface area contributed by atoms with Crippen molar-refractivity contribution >= 4 is 21.4 Å². The molecule has 0 amide bonds. The average Bonchev–Trinajstić information content (AvgIpc) is 2.68. The number of benzene rings is 2. The van der Waals surface area contributed by atoms with Gasteiger partial charge in [-0.25, -0.2) is 8.42 Å². The Labute approximate surface area is 167 Å². The maximum atomic E-state index is 12.9. The fraction of sp³-hybridized carbons (Fsp3) is 0.368. The van der Waals surface area contributed by atoms with Crippen molar-refractivity contribution in [3.8, 4) is 5.75 Å². The lowest BCUT2D eigenvalue weighted by Crippen LogP contribution is -2.44. The van der Waals surface area contributed by atoms with Crippen molar-refractivity contribution in [2.45, 2.75) is 11.1 Å². The number of likely N-dealkylation sites (N-methyl/N-ethyl adjacent to an activating group) is 1. The van der Waals surface area contributed by atoms with Crippen LogP contribution >= 0.6 is 0 Å². The summed E-state index contributed by atoms with van der Waals surface area (Å²) in [6, 6.07) is 8.44. The van der Waals surface area contributed by atoms with Gasteiger partial charge in [0.2, 0.25) is 0 Å². The van der Waals surface area contributed by atoms with Gasteiger partial charge in [-0.3, -0.25) is 4.72 Å². The summed E-state index contributed by atoms with van der Waals surface area (Å²) in [6.45, 7) is 3.19. The van der Waals surface area contributed by atoms with Gasteiger partial charge in [-0.2, -0.15) is 13.2 Å². The highest BCUT2D eigenvalue weighted by Gasteiger charge is 2.31. The third kappa shape index (κ3) is 4.94. The second kappa shape index (κ2) is 8.11. The van der Waals surface area contributed by atoms with Crippen LogP contribution in [0.1, 0.15) is 5.56 Å². The Hall–Kier alpha value is -2.46. The molecule has 1 N–H and O–H groups in total. The molecule has 29 heavy (non-hydrogen) atoms. The van der Waals surface area contributed by atoms with Gasteiger partial charge >= 0.3 is 6.18 Å². The first-order valence-electron chi connectivity index (χ1n) is 8.92. The second-order valence-electron chi connectivity index (χ2n) is 6.81. The predicted molar refractivity (Wildman–Crippen MR) is 105 cm³/mol. The van der Waals surface area contributed by atoms with E-state index in [-0.39, 0.29) is 5.69 Å². The lowest BCUT2D eigenvalue weighted by molar-refractivity contribution is -0.137. The van der Waals surface area contributed by atoms with Gasteiger partial charge in [0.1, 0.15) is 5.75 Å². The summed E-state index contributed by atoms with van der Waals surface area (Å²) in [5.74, 6) is 0.594. The molecular formula is C19H22F3N3O3S. The number of methoxy groups -OCH3 is 1. The zero-order valence-electron chi connectivity index (χ0n) is 16.0. The number of nitrogens with zero attached hydrogens (tertiary/aromatic N) is 2. The van der Waals surface area contributed by atoms with Crippen LogP contribution in [0.15, 0.2) is 47.4 Å². The molecule has 0 atom stereocenters. The molecule has 0 saturated carbocycles. The van der Waals surface area contributed by atoms with Crippen LogP contribution in [0.5, 0.6) is 5.75 Å². The third-order valence-corrected chi connectivity index (χ3v) is 6.13. The first-order chi connectivity index (χ1) is 13.6. The van der Waals surface area contributed by atoms with Gasteiger partial charge in [0.25, 0.3) is 10.0 Å². The van der Waals surface area contributed by atoms with Gasteiger partial charge in [-0.15, -0.1) is 0 Å². The fourth-order valence-electron chi connectivity index (χ4n) is 3.10. The molecule has 1 fully saturated rings. The van der Waals surface area contributed by atoms with Gasteiger partial charge < -0.3 is 14.5 Å². The molecule has 1 saturated heterocycles. The van der Waals surface area contributed by atoms with Crippen molar-refractivity contribution in [3.63, 3.8) is 0 Å². The summed E-state index contributed by atoms with van der Waals surface area (Å²) in [6.07, 6.45) is -4.62. The van der Waals surface area contributed by atoms with Gasteiger partial charge in [0, 0.05) is 26.2 Å². The molecule has 1 aliphatic rings. The van der Waals surface area contributed by atoms with Crippen LogP contribution in [-0.2, 0) is 16.2 Å². The number of hydrogen-bond donors (Lipinski definition) is 1. The fourth-order valence-corrected chi connectivity index (χ4v) is 4.20. The van der Waals surface area contributed by atoms with E-state index in [2.05, 4.69) is 14.5 Å². The van der Waals surface area contributed by atoms with Crippen LogP contribution in [0, 0.1) is 0 Å². The molecule has 1 aliphatic heterocycles. The Morgan fingerprint density at radius 3 is 2.34 bits per heavy atom. The molecule has 2 aromatic rings. The quantitative estimate of drug-likeness (QED) is 0.791. The number of sulfonamides is 1. The van der Waals surface area contributed by atoms with E-state index in [4.69, 9.17) is 4.74 Å². The number of ether oxygens (including phenoxy) is 1. The highest BCUT2D eigenvalue weighted by Crippen LogP contribution is 2.34. The summed E-state index contributed by atoms with van der Waals surface area (Å²) in [4.78, 5) is 3.81. The first-order valence-corrected chi connectivity index (χ1v) is 10.4. The standard InChI is InChI=1S/C19H22F3N3O3S/c1-24-8-10-25(11-9-24)17-13-15(6-7-18(17)28-2)23-29(26,27)16-5-3-4-14(12-16)19(20,21)22/h3-7,12-13,23H,8-11H2,1-2H3. The number of nitrogens with one attached hydrogen (secondary N) is 1. The number of piperazine rings is 1. The summed E-state index contributed by atoms with van der Waals surface area (Å²) < 4.78 is 71.8. The topological polar surface area (TPSA) is 61.9 Å². The van der Waals surface area contributed by atoms with Gasteiger partial charge in [-0.05, 0) is 43.4 Å². The largest absolute Gasteiger partial charge is 0.495 e. The lowest BCUT2D eigenvalue weighted by Gasteiger charge is -2.35. The second-order valence-corrected chi connectivity index (χ2v) is 8.49. The van der Waals surface area contributed by atoms with Gasteiger partial charge in [-0.1, -0.05) is 6.07 Å². The minimum Gasteiger partial charge on any atom is -0.495 e. The van der Waals surface area contributed by atoms with E-state index >= 15 is 0 Å². The Balaban J connectivity index is 1.89. The van der Waals surface area contributed by atoms with Crippen molar-refractivity contribution < 1.29 is 26.3 Å². The number of alkyl halides is 3. The lowest BCUT2D eigenvalue weighted by atomic mass is 10.2. The molecule has 0 aromatic heterocycles. The molecule has 3 rings (SSSR count). The summed E-state index contributed by atoms with van der Waals surface area (Å²) in [5.41, 5.74) is -0.0461. The molecule has 0 spiro atoms.